The first-order valence-electron chi connectivity index (χ1n) is 9.02. The van der Waals surface area contributed by atoms with Crippen molar-refractivity contribution in [3.8, 4) is 23.8 Å². The molecule has 0 bridgehead atoms. The Morgan fingerprint density at radius 2 is 2.00 bits per heavy atom. The third-order valence-corrected chi connectivity index (χ3v) is 5.94. The Labute approximate surface area is 187 Å². The number of nitrogens with zero attached hydrogens (tertiary/aromatic N) is 4. The van der Waals surface area contributed by atoms with Crippen molar-refractivity contribution in [1.29, 1.82) is 0 Å². The topological polar surface area (TPSA) is 83.1 Å². The molecule has 30 heavy (non-hydrogen) atoms. The van der Waals surface area contributed by atoms with Crippen LogP contribution in [0.1, 0.15) is 22.2 Å². The number of nitro groups is 1. The van der Waals surface area contributed by atoms with Crippen molar-refractivity contribution >= 4 is 27.7 Å². The predicted octanol–water partition coefficient (Wildman–Crippen LogP) is 4.77. The molecule has 2 aromatic carbocycles. The van der Waals surface area contributed by atoms with Gasteiger partial charge in [0.15, 0.2) is 5.16 Å². The van der Waals surface area contributed by atoms with Crippen LogP contribution < -0.4 is 4.74 Å². The Morgan fingerprint density at radius 3 is 2.67 bits per heavy atom. The summed E-state index contributed by atoms with van der Waals surface area (Å²) in [7, 11) is 0. The van der Waals surface area contributed by atoms with Gasteiger partial charge in [-0.3, -0.25) is 14.7 Å². The first-order chi connectivity index (χ1) is 14.4. The van der Waals surface area contributed by atoms with E-state index in [2.05, 4.69) is 32.0 Å². The van der Waals surface area contributed by atoms with E-state index in [0.717, 1.165) is 15.7 Å². The minimum atomic E-state index is -0.557. The molecule has 0 fully saturated rings. The molecule has 154 valence electrons. The highest BCUT2D eigenvalue weighted by atomic mass is 79.9. The van der Waals surface area contributed by atoms with E-state index >= 15 is 0 Å². The van der Waals surface area contributed by atoms with Gasteiger partial charge in [-0.25, -0.2) is 0 Å². The molecule has 0 aliphatic rings. The maximum Gasteiger partial charge on any atom is 0.220 e. The summed E-state index contributed by atoms with van der Waals surface area (Å²) in [5.74, 6) is 3.63. The summed E-state index contributed by atoms with van der Waals surface area (Å²) in [5, 5.41) is 19.9. The fraction of sp³-hybridized carbons (Fsp3) is 0.238. The fourth-order valence-corrected chi connectivity index (χ4v) is 4.47. The van der Waals surface area contributed by atoms with Gasteiger partial charge in [0.2, 0.25) is 6.54 Å². The van der Waals surface area contributed by atoms with Crippen LogP contribution in [0.15, 0.2) is 52.1 Å². The van der Waals surface area contributed by atoms with E-state index < -0.39 is 5.25 Å². The summed E-state index contributed by atoms with van der Waals surface area (Å²) < 4.78 is 8.31. The Kier molecular flexibility index (Phi) is 7.13. The lowest BCUT2D eigenvalue weighted by Gasteiger charge is -2.17. The van der Waals surface area contributed by atoms with Gasteiger partial charge in [-0.2, -0.15) is 0 Å². The SMILES string of the molecule is C#CCOc1ccc(Br)cc1[C@@H](C[N+](=O)[O-])Sc1nnc(C)n1-c1ccc(C)cc1. The number of hydrogen-bond donors (Lipinski definition) is 0. The molecule has 3 aromatic rings. The Morgan fingerprint density at radius 1 is 1.27 bits per heavy atom. The molecule has 0 unspecified atom stereocenters. The number of hydrogen-bond acceptors (Lipinski definition) is 6. The van der Waals surface area contributed by atoms with Crippen molar-refractivity contribution in [1.82, 2.24) is 14.8 Å². The number of aromatic nitrogens is 3. The van der Waals surface area contributed by atoms with Crippen LogP contribution in [0.5, 0.6) is 5.75 Å². The van der Waals surface area contributed by atoms with Gasteiger partial charge in [0.1, 0.15) is 23.4 Å². The second kappa shape index (κ2) is 9.78. The highest BCUT2D eigenvalue weighted by molar-refractivity contribution is 9.10. The molecule has 1 aromatic heterocycles. The van der Waals surface area contributed by atoms with Crippen LogP contribution in [0.4, 0.5) is 0 Å². The lowest BCUT2D eigenvalue weighted by molar-refractivity contribution is -0.479. The minimum absolute atomic E-state index is 0.0726. The number of thioether (sulfide) groups is 1. The van der Waals surface area contributed by atoms with E-state index in [9.17, 15) is 10.1 Å². The van der Waals surface area contributed by atoms with Gasteiger partial charge < -0.3 is 4.74 Å². The molecule has 3 rings (SSSR count). The predicted molar refractivity (Wildman–Crippen MR) is 120 cm³/mol. The zero-order chi connectivity index (χ0) is 21.7. The number of halogens is 1. The van der Waals surface area contributed by atoms with E-state index in [-0.39, 0.29) is 18.1 Å². The van der Waals surface area contributed by atoms with E-state index in [1.807, 2.05) is 54.8 Å². The molecular weight excluding hydrogens is 468 g/mol. The lowest BCUT2D eigenvalue weighted by atomic mass is 10.1. The molecule has 0 amide bonds. The summed E-state index contributed by atoms with van der Waals surface area (Å²) in [6.45, 7) is 3.62. The maximum atomic E-state index is 11.4. The van der Waals surface area contributed by atoms with Crippen LogP contribution in [0.3, 0.4) is 0 Å². The van der Waals surface area contributed by atoms with E-state index in [1.54, 1.807) is 6.07 Å². The molecule has 0 spiro atoms. The fourth-order valence-electron chi connectivity index (χ4n) is 2.89. The Hall–Kier alpha value is -2.83. The molecule has 0 saturated heterocycles. The quantitative estimate of drug-likeness (QED) is 0.197. The van der Waals surface area contributed by atoms with Gasteiger partial charge in [0.25, 0.3) is 0 Å². The lowest BCUT2D eigenvalue weighted by Crippen LogP contribution is -2.13. The molecule has 1 atom stereocenters. The second-order valence-electron chi connectivity index (χ2n) is 6.50. The molecular formula is C21H19BrN4O3S. The summed E-state index contributed by atoms with van der Waals surface area (Å²) in [6.07, 6.45) is 5.32. The van der Waals surface area contributed by atoms with Gasteiger partial charge in [0, 0.05) is 20.6 Å². The Balaban J connectivity index is 2.02. The molecule has 0 N–H and O–H groups in total. The number of ether oxygens (including phenoxy) is 1. The van der Waals surface area contributed by atoms with Crippen LogP contribution in [0, 0.1) is 36.3 Å². The zero-order valence-electron chi connectivity index (χ0n) is 16.4. The van der Waals surface area contributed by atoms with Crippen molar-refractivity contribution < 1.29 is 9.66 Å². The monoisotopic (exact) mass is 486 g/mol. The Bertz CT molecular complexity index is 1090. The molecule has 0 radical (unpaired) electrons. The number of benzene rings is 2. The van der Waals surface area contributed by atoms with Gasteiger partial charge in [-0.1, -0.05) is 51.3 Å². The molecule has 1 heterocycles. The van der Waals surface area contributed by atoms with Gasteiger partial charge in [-0.05, 0) is 44.2 Å². The molecule has 0 saturated carbocycles. The third kappa shape index (κ3) is 5.20. The van der Waals surface area contributed by atoms with Crippen molar-refractivity contribution in [3.63, 3.8) is 0 Å². The summed E-state index contributed by atoms with van der Waals surface area (Å²) in [6, 6.07) is 13.3. The van der Waals surface area contributed by atoms with Crippen molar-refractivity contribution in [2.75, 3.05) is 13.2 Å². The first kappa shape index (κ1) is 21.9. The van der Waals surface area contributed by atoms with Crippen LogP contribution in [-0.2, 0) is 0 Å². The van der Waals surface area contributed by atoms with Gasteiger partial charge in [0.05, 0.1) is 0 Å². The smallest absolute Gasteiger partial charge is 0.220 e. The van der Waals surface area contributed by atoms with E-state index in [1.165, 1.54) is 11.8 Å². The summed E-state index contributed by atoms with van der Waals surface area (Å²) in [5.41, 5.74) is 2.69. The van der Waals surface area contributed by atoms with Crippen LogP contribution >= 0.6 is 27.7 Å². The number of rotatable bonds is 8. The van der Waals surface area contributed by atoms with Gasteiger partial charge in [-0.15, -0.1) is 16.6 Å². The first-order valence-corrected chi connectivity index (χ1v) is 10.7. The summed E-state index contributed by atoms with van der Waals surface area (Å²) in [4.78, 5) is 11.1. The van der Waals surface area contributed by atoms with Crippen molar-refractivity contribution in [2.45, 2.75) is 24.3 Å². The third-order valence-electron chi connectivity index (χ3n) is 4.28. The molecule has 0 aliphatic heterocycles. The van der Waals surface area contributed by atoms with Crippen molar-refractivity contribution in [3.05, 3.63) is 74.0 Å². The summed E-state index contributed by atoms with van der Waals surface area (Å²) >= 11 is 4.71. The average molecular weight is 487 g/mol. The van der Waals surface area contributed by atoms with Crippen molar-refractivity contribution in [2.24, 2.45) is 0 Å². The highest BCUT2D eigenvalue weighted by Crippen LogP contribution is 2.41. The van der Waals surface area contributed by atoms with E-state index in [4.69, 9.17) is 11.2 Å². The van der Waals surface area contributed by atoms with Crippen LogP contribution in [-0.4, -0.2) is 32.8 Å². The average Bonchev–Trinajstić information content (AvgIpc) is 3.07. The normalized spacial score (nSPS) is 11.7. The maximum absolute atomic E-state index is 11.4. The van der Waals surface area contributed by atoms with Crippen LogP contribution in [0.25, 0.3) is 5.69 Å². The molecule has 9 heteroatoms. The molecule has 0 aliphatic carbocycles. The minimum Gasteiger partial charge on any atom is -0.481 e. The largest absolute Gasteiger partial charge is 0.481 e. The number of terminal acetylenes is 1. The zero-order valence-corrected chi connectivity index (χ0v) is 18.8. The van der Waals surface area contributed by atoms with Gasteiger partial charge >= 0.3 is 0 Å². The van der Waals surface area contributed by atoms with E-state index in [0.29, 0.717) is 22.3 Å². The highest BCUT2D eigenvalue weighted by Gasteiger charge is 2.27. The standard InChI is InChI=1S/C21H19BrN4O3S/c1-4-11-29-19-10-7-16(22)12-18(19)20(13-25(27)28)30-21-24-23-15(3)26(21)17-8-5-14(2)6-9-17/h1,5-10,12,20H,11,13H2,2-3H3/t20-/m1/s1. The number of aryl methyl sites for hydroxylation is 2. The second-order valence-corrected chi connectivity index (χ2v) is 8.58. The van der Waals surface area contributed by atoms with Crippen LogP contribution in [0.2, 0.25) is 0 Å². The molecule has 7 nitrogen and oxygen atoms in total.